The normalized spacial score (nSPS) is 11.6. The lowest BCUT2D eigenvalue weighted by atomic mass is 10.0. The molecule has 2 aromatic carbocycles. The fourth-order valence-corrected chi connectivity index (χ4v) is 2.59. The third-order valence-electron chi connectivity index (χ3n) is 3.81. The maximum absolute atomic E-state index is 12.3. The van der Waals surface area contributed by atoms with Crippen molar-refractivity contribution in [3.8, 4) is 5.75 Å². The van der Waals surface area contributed by atoms with Crippen LogP contribution in [0.15, 0.2) is 42.5 Å². The Kier molecular flexibility index (Phi) is 6.36. The van der Waals surface area contributed by atoms with Crippen molar-refractivity contribution in [2.24, 2.45) is 0 Å². The molecular formula is C19H18ClNO5. The average molecular weight is 376 g/mol. The summed E-state index contributed by atoms with van der Waals surface area (Å²) in [5.74, 6) is -1.79. The number of hydrogen-bond acceptors (Lipinski definition) is 4. The van der Waals surface area contributed by atoms with Crippen molar-refractivity contribution in [1.29, 1.82) is 0 Å². The Morgan fingerprint density at radius 3 is 2.50 bits per heavy atom. The molecule has 0 aliphatic carbocycles. The van der Waals surface area contributed by atoms with Gasteiger partial charge in [0, 0.05) is 12.0 Å². The van der Waals surface area contributed by atoms with Crippen LogP contribution < -0.4 is 5.32 Å². The second kappa shape index (κ2) is 8.49. The van der Waals surface area contributed by atoms with E-state index in [1.807, 2.05) is 6.07 Å². The Morgan fingerprint density at radius 1 is 1.15 bits per heavy atom. The molecule has 0 heterocycles. The van der Waals surface area contributed by atoms with Gasteiger partial charge in [0.15, 0.2) is 5.78 Å². The summed E-state index contributed by atoms with van der Waals surface area (Å²) in [5, 5.41) is 20.6. The summed E-state index contributed by atoms with van der Waals surface area (Å²) in [5.41, 5.74) is 1.30. The van der Waals surface area contributed by atoms with Crippen molar-refractivity contribution in [2.75, 3.05) is 0 Å². The van der Waals surface area contributed by atoms with Gasteiger partial charge in [0.05, 0.1) is 10.6 Å². The highest BCUT2D eigenvalue weighted by Gasteiger charge is 2.18. The standard InChI is InChI=1S/C19H18ClNO5/c1-11(19(25)26)21-18(24)15-7-6-13(10-16(15)20)17(23)8-5-12-3-2-4-14(22)9-12/h2-4,6-7,9-11,22H,5,8H2,1H3,(H,21,24)(H,25,26)/t11-/m0/s1. The smallest absolute Gasteiger partial charge is 0.325 e. The number of carbonyl (C=O) groups excluding carboxylic acids is 2. The van der Waals surface area contributed by atoms with Gasteiger partial charge in [-0.2, -0.15) is 0 Å². The number of halogens is 1. The van der Waals surface area contributed by atoms with Crippen molar-refractivity contribution in [2.45, 2.75) is 25.8 Å². The Balaban J connectivity index is 2.04. The van der Waals surface area contributed by atoms with Crippen molar-refractivity contribution < 1.29 is 24.6 Å². The maximum Gasteiger partial charge on any atom is 0.325 e. The Bertz CT molecular complexity index is 850. The molecule has 7 heteroatoms. The minimum absolute atomic E-state index is 0.0725. The number of benzene rings is 2. The number of carboxylic acids is 1. The number of carbonyl (C=O) groups is 3. The second-order valence-electron chi connectivity index (χ2n) is 5.82. The highest BCUT2D eigenvalue weighted by atomic mass is 35.5. The molecule has 0 unspecified atom stereocenters. The SMILES string of the molecule is C[C@H](NC(=O)c1ccc(C(=O)CCc2cccc(O)c2)cc1Cl)C(=O)O. The third-order valence-corrected chi connectivity index (χ3v) is 4.12. The molecule has 0 saturated heterocycles. The van der Waals surface area contributed by atoms with Gasteiger partial charge in [0.1, 0.15) is 11.8 Å². The minimum Gasteiger partial charge on any atom is -0.508 e. The van der Waals surface area contributed by atoms with Crippen LogP contribution in [0.5, 0.6) is 5.75 Å². The molecular weight excluding hydrogens is 358 g/mol. The number of carboxylic acid groups (broad SMARTS) is 1. The van der Waals surface area contributed by atoms with E-state index in [9.17, 15) is 19.5 Å². The number of aliphatic carboxylic acids is 1. The molecule has 26 heavy (non-hydrogen) atoms. The number of nitrogens with one attached hydrogen (secondary N) is 1. The van der Waals surface area contributed by atoms with Gasteiger partial charge in [-0.15, -0.1) is 0 Å². The largest absolute Gasteiger partial charge is 0.508 e. The van der Waals surface area contributed by atoms with E-state index in [2.05, 4.69) is 5.32 Å². The average Bonchev–Trinajstić information content (AvgIpc) is 2.59. The Labute approximate surface area is 155 Å². The van der Waals surface area contributed by atoms with E-state index in [1.54, 1.807) is 18.2 Å². The van der Waals surface area contributed by atoms with Gasteiger partial charge >= 0.3 is 5.97 Å². The van der Waals surface area contributed by atoms with Crippen LogP contribution in [0.2, 0.25) is 5.02 Å². The summed E-state index contributed by atoms with van der Waals surface area (Å²) < 4.78 is 0. The zero-order chi connectivity index (χ0) is 19.3. The molecule has 0 saturated carbocycles. The first-order chi connectivity index (χ1) is 12.3. The van der Waals surface area contributed by atoms with E-state index in [1.165, 1.54) is 25.1 Å². The molecule has 6 nitrogen and oxygen atoms in total. The predicted molar refractivity (Wildman–Crippen MR) is 96.8 cm³/mol. The first-order valence-corrected chi connectivity index (χ1v) is 8.30. The molecule has 3 N–H and O–H groups in total. The van der Waals surface area contributed by atoms with Gasteiger partial charge < -0.3 is 15.5 Å². The molecule has 2 rings (SSSR count). The molecule has 0 spiro atoms. The fraction of sp³-hybridized carbons (Fsp3) is 0.211. The summed E-state index contributed by atoms with van der Waals surface area (Å²) in [6, 6.07) is 9.89. The molecule has 136 valence electrons. The van der Waals surface area contributed by atoms with Crippen molar-refractivity contribution in [3.63, 3.8) is 0 Å². The first-order valence-electron chi connectivity index (χ1n) is 7.92. The molecule has 0 fully saturated rings. The van der Waals surface area contributed by atoms with Gasteiger partial charge in [-0.3, -0.25) is 14.4 Å². The number of phenolic OH excluding ortho intramolecular Hbond substituents is 1. The van der Waals surface area contributed by atoms with Crippen LogP contribution >= 0.6 is 11.6 Å². The summed E-state index contributed by atoms with van der Waals surface area (Å²) in [4.78, 5) is 35.1. The lowest BCUT2D eigenvalue weighted by Gasteiger charge is -2.11. The van der Waals surface area contributed by atoms with Crippen LogP contribution in [0.25, 0.3) is 0 Å². The Morgan fingerprint density at radius 2 is 1.88 bits per heavy atom. The van der Waals surface area contributed by atoms with Crippen molar-refractivity contribution in [3.05, 3.63) is 64.2 Å². The fourth-order valence-electron chi connectivity index (χ4n) is 2.32. The van der Waals surface area contributed by atoms with E-state index >= 15 is 0 Å². The maximum atomic E-state index is 12.3. The zero-order valence-electron chi connectivity index (χ0n) is 14.0. The number of amides is 1. The molecule has 0 aliphatic heterocycles. The molecule has 0 aromatic heterocycles. The van der Waals surface area contributed by atoms with Crippen LogP contribution in [0.4, 0.5) is 0 Å². The summed E-state index contributed by atoms with van der Waals surface area (Å²) in [7, 11) is 0. The molecule has 1 amide bonds. The number of phenols is 1. The first kappa shape index (κ1) is 19.5. The number of ketones is 1. The second-order valence-corrected chi connectivity index (χ2v) is 6.23. The van der Waals surface area contributed by atoms with Crippen molar-refractivity contribution in [1.82, 2.24) is 5.32 Å². The highest BCUT2D eigenvalue weighted by molar-refractivity contribution is 6.34. The molecule has 0 bridgehead atoms. The third kappa shape index (κ3) is 5.07. The molecule has 1 atom stereocenters. The lowest BCUT2D eigenvalue weighted by Crippen LogP contribution is -2.38. The molecule has 0 aliphatic rings. The van der Waals surface area contributed by atoms with Crippen LogP contribution in [0, 0.1) is 0 Å². The van der Waals surface area contributed by atoms with Gasteiger partial charge in [-0.05, 0) is 43.2 Å². The van der Waals surface area contributed by atoms with Crippen molar-refractivity contribution >= 4 is 29.3 Å². The van der Waals surface area contributed by atoms with Gasteiger partial charge in [0.25, 0.3) is 5.91 Å². The van der Waals surface area contributed by atoms with E-state index in [0.717, 1.165) is 5.56 Å². The summed E-state index contributed by atoms with van der Waals surface area (Å²) in [6.07, 6.45) is 0.685. The lowest BCUT2D eigenvalue weighted by molar-refractivity contribution is -0.138. The van der Waals surface area contributed by atoms with E-state index in [0.29, 0.717) is 12.0 Å². The highest BCUT2D eigenvalue weighted by Crippen LogP contribution is 2.20. The monoisotopic (exact) mass is 375 g/mol. The predicted octanol–water partition coefficient (Wildman–Crippen LogP) is 3.06. The van der Waals surface area contributed by atoms with Crippen LogP contribution in [-0.4, -0.2) is 33.9 Å². The summed E-state index contributed by atoms with van der Waals surface area (Å²) in [6.45, 7) is 1.34. The molecule has 0 radical (unpaired) electrons. The van der Waals surface area contributed by atoms with E-state index in [-0.39, 0.29) is 28.5 Å². The van der Waals surface area contributed by atoms with E-state index in [4.69, 9.17) is 16.7 Å². The van der Waals surface area contributed by atoms with E-state index < -0.39 is 17.9 Å². The summed E-state index contributed by atoms with van der Waals surface area (Å²) >= 11 is 6.08. The van der Waals surface area contributed by atoms with Crippen LogP contribution in [0.3, 0.4) is 0 Å². The number of Topliss-reactive ketones (excluding diaryl/α,β-unsaturated/α-hetero) is 1. The van der Waals surface area contributed by atoms with Crippen LogP contribution in [0.1, 0.15) is 39.6 Å². The molecule has 2 aromatic rings. The van der Waals surface area contributed by atoms with Gasteiger partial charge in [-0.1, -0.05) is 29.8 Å². The quantitative estimate of drug-likeness (QED) is 0.645. The van der Waals surface area contributed by atoms with Gasteiger partial charge in [0.2, 0.25) is 0 Å². The Hall–Kier alpha value is -2.86. The zero-order valence-corrected chi connectivity index (χ0v) is 14.8. The number of aromatic hydroxyl groups is 1. The number of rotatable bonds is 7. The van der Waals surface area contributed by atoms with Crippen LogP contribution in [-0.2, 0) is 11.2 Å². The van der Waals surface area contributed by atoms with Gasteiger partial charge in [-0.25, -0.2) is 0 Å². The topological polar surface area (TPSA) is 104 Å². The number of hydrogen-bond donors (Lipinski definition) is 3. The number of aryl methyl sites for hydroxylation is 1. The minimum atomic E-state index is -1.16.